The zero-order valence-corrected chi connectivity index (χ0v) is 8.96. The van der Waals surface area contributed by atoms with E-state index in [1.165, 1.54) is 0 Å². The molecule has 2 aromatic heterocycles. The van der Waals surface area contributed by atoms with Crippen LogP contribution in [-0.2, 0) is 0 Å². The lowest BCUT2D eigenvalue weighted by Crippen LogP contribution is -1.97. The van der Waals surface area contributed by atoms with Crippen LogP contribution in [0.2, 0.25) is 5.02 Å². The summed E-state index contributed by atoms with van der Waals surface area (Å²) in [5, 5.41) is 4.91. The summed E-state index contributed by atoms with van der Waals surface area (Å²) in [4.78, 5) is 8.41. The number of benzene rings is 1. The van der Waals surface area contributed by atoms with Crippen LogP contribution in [0.25, 0.3) is 16.9 Å². The van der Waals surface area contributed by atoms with Crippen molar-refractivity contribution in [3.05, 3.63) is 47.9 Å². The first-order valence-electron chi connectivity index (χ1n) is 4.75. The lowest BCUT2D eigenvalue weighted by molar-refractivity contribution is 0.897. The molecule has 0 aliphatic rings. The standard InChI is InChI=1S/C11H7ClN4/c12-8-2-1-3-9(6-8)16-11-10(7-15-16)13-4-5-14-11/h1-7H. The van der Waals surface area contributed by atoms with E-state index in [1.807, 2.05) is 24.3 Å². The summed E-state index contributed by atoms with van der Waals surface area (Å²) in [6.07, 6.45) is 4.97. The quantitative estimate of drug-likeness (QED) is 0.645. The van der Waals surface area contributed by atoms with Crippen LogP contribution < -0.4 is 0 Å². The molecule has 0 saturated carbocycles. The maximum atomic E-state index is 5.94. The third kappa shape index (κ3) is 1.44. The van der Waals surface area contributed by atoms with E-state index in [4.69, 9.17) is 11.6 Å². The highest BCUT2D eigenvalue weighted by Gasteiger charge is 2.06. The van der Waals surface area contributed by atoms with Crippen molar-refractivity contribution in [2.75, 3.05) is 0 Å². The highest BCUT2D eigenvalue weighted by Crippen LogP contribution is 2.17. The van der Waals surface area contributed by atoms with E-state index in [-0.39, 0.29) is 0 Å². The third-order valence-electron chi connectivity index (χ3n) is 2.26. The van der Waals surface area contributed by atoms with Gasteiger partial charge in [-0.1, -0.05) is 17.7 Å². The molecule has 0 radical (unpaired) electrons. The number of hydrogen-bond acceptors (Lipinski definition) is 3. The van der Waals surface area contributed by atoms with Gasteiger partial charge in [-0.15, -0.1) is 0 Å². The Hall–Kier alpha value is -1.94. The van der Waals surface area contributed by atoms with Crippen LogP contribution in [-0.4, -0.2) is 19.7 Å². The van der Waals surface area contributed by atoms with Crippen molar-refractivity contribution in [3.63, 3.8) is 0 Å². The van der Waals surface area contributed by atoms with E-state index >= 15 is 0 Å². The Morgan fingerprint density at radius 1 is 1.12 bits per heavy atom. The molecule has 0 bridgehead atoms. The minimum absolute atomic E-state index is 0.671. The van der Waals surface area contributed by atoms with Crippen LogP contribution in [0.1, 0.15) is 0 Å². The maximum absolute atomic E-state index is 5.94. The van der Waals surface area contributed by atoms with Gasteiger partial charge in [0.1, 0.15) is 5.52 Å². The van der Waals surface area contributed by atoms with Crippen molar-refractivity contribution in [1.29, 1.82) is 0 Å². The van der Waals surface area contributed by atoms with E-state index in [0.717, 1.165) is 16.9 Å². The SMILES string of the molecule is Clc1cccc(-n2ncc3nccnc32)c1. The molecular weight excluding hydrogens is 224 g/mol. The summed E-state index contributed by atoms with van der Waals surface area (Å²) >= 11 is 5.94. The minimum Gasteiger partial charge on any atom is -0.250 e. The Kier molecular flexibility index (Phi) is 2.08. The zero-order valence-electron chi connectivity index (χ0n) is 8.21. The molecule has 78 valence electrons. The number of aromatic nitrogens is 4. The molecule has 0 aliphatic carbocycles. The molecular formula is C11H7ClN4. The van der Waals surface area contributed by atoms with Gasteiger partial charge in [-0.3, -0.25) is 0 Å². The Balaban J connectivity index is 2.26. The number of rotatable bonds is 1. The molecule has 5 heteroatoms. The Labute approximate surface area is 96.5 Å². The largest absolute Gasteiger partial charge is 0.250 e. The van der Waals surface area contributed by atoms with Gasteiger partial charge in [0.15, 0.2) is 5.65 Å². The van der Waals surface area contributed by atoms with Crippen LogP contribution in [0.3, 0.4) is 0 Å². The fourth-order valence-electron chi connectivity index (χ4n) is 1.56. The molecule has 16 heavy (non-hydrogen) atoms. The summed E-state index contributed by atoms with van der Waals surface area (Å²) < 4.78 is 1.72. The molecule has 0 unspecified atom stereocenters. The number of nitrogens with zero attached hydrogens (tertiary/aromatic N) is 4. The molecule has 0 spiro atoms. The summed E-state index contributed by atoms with van der Waals surface area (Å²) in [5.41, 5.74) is 2.37. The smallest absolute Gasteiger partial charge is 0.181 e. The highest BCUT2D eigenvalue weighted by molar-refractivity contribution is 6.30. The fourth-order valence-corrected chi connectivity index (χ4v) is 1.74. The molecule has 1 aromatic carbocycles. The first-order chi connectivity index (χ1) is 7.84. The Morgan fingerprint density at radius 2 is 2.00 bits per heavy atom. The van der Waals surface area contributed by atoms with Gasteiger partial charge in [-0.25, -0.2) is 14.6 Å². The van der Waals surface area contributed by atoms with E-state index < -0.39 is 0 Å². The van der Waals surface area contributed by atoms with E-state index in [1.54, 1.807) is 23.3 Å². The topological polar surface area (TPSA) is 43.6 Å². The Morgan fingerprint density at radius 3 is 2.88 bits per heavy atom. The first-order valence-corrected chi connectivity index (χ1v) is 5.13. The summed E-state index contributed by atoms with van der Waals surface area (Å²) in [6.45, 7) is 0. The average molecular weight is 231 g/mol. The maximum Gasteiger partial charge on any atom is 0.181 e. The second-order valence-electron chi connectivity index (χ2n) is 3.30. The molecule has 0 fully saturated rings. The lowest BCUT2D eigenvalue weighted by atomic mass is 10.3. The van der Waals surface area contributed by atoms with Gasteiger partial charge in [0.25, 0.3) is 0 Å². The van der Waals surface area contributed by atoms with Gasteiger partial charge in [-0.05, 0) is 18.2 Å². The van der Waals surface area contributed by atoms with Crippen LogP contribution >= 0.6 is 11.6 Å². The second kappa shape index (κ2) is 3.57. The van der Waals surface area contributed by atoms with Crippen molar-refractivity contribution in [1.82, 2.24) is 19.7 Å². The molecule has 2 heterocycles. The highest BCUT2D eigenvalue weighted by atomic mass is 35.5. The van der Waals surface area contributed by atoms with Gasteiger partial charge < -0.3 is 0 Å². The first kappa shape index (κ1) is 9.30. The summed E-state index contributed by atoms with van der Waals surface area (Å²) in [7, 11) is 0. The molecule has 3 rings (SSSR count). The molecule has 0 amide bonds. The van der Waals surface area contributed by atoms with Crippen LogP contribution in [0.15, 0.2) is 42.9 Å². The second-order valence-corrected chi connectivity index (χ2v) is 3.74. The predicted molar refractivity (Wildman–Crippen MR) is 61.7 cm³/mol. The van der Waals surface area contributed by atoms with Crippen LogP contribution in [0.5, 0.6) is 0 Å². The van der Waals surface area contributed by atoms with Gasteiger partial charge in [0.05, 0.1) is 11.9 Å². The van der Waals surface area contributed by atoms with Gasteiger partial charge in [0.2, 0.25) is 0 Å². The van der Waals surface area contributed by atoms with Crippen molar-refractivity contribution in [2.24, 2.45) is 0 Å². The molecule has 3 aromatic rings. The van der Waals surface area contributed by atoms with E-state index in [2.05, 4.69) is 15.1 Å². The van der Waals surface area contributed by atoms with Crippen molar-refractivity contribution < 1.29 is 0 Å². The van der Waals surface area contributed by atoms with Crippen LogP contribution in [0.4, 0.5) is 0 Å². The van der Waals surface area contributed by atoms with Crippen molar-refractivity contribution in [2.45, 2.75) is 0 Å². The van der Waals surface area contributed by atoms with Gasteiger partial charge >= 0.3 is 0 Å². The molecule has 4 nitrogen and oxygen atoms in total. The molecule has 0 atom stereocenters. The van der Waals surface area contributed by atoms with Crippen molar-refractivity contribution in [3.8, 4) is 5.69 Å². The van der Waals surface area contributed by atoms with E-state index in [0.29, 0.717) is 5.02 Å². The monoisotopic (exact) mass is 230 g/mol. The summed E-state index contributed by atoms with van der Waals surface area (Å²) in [6, 6.07) is 7.46. The number of hydrogen-bond donors (Lipinski definition) is 0. The fraction of sp³-hybridized carbons (Fsp3) is 0. The lowest BCUT2D eigenvalue weighted by Gasteiger charge is -2.02. The number of halogens is 1. The summed E-state index contributed by atoms with van der Waals surface area (Å²) in [5.74, 6) is 0. The van der Waals surface area contributed by atoms with Gasteiger partial charge in [0, 0.05) is 17.4 Å². The molecule has 0 N–H and O–H groups in total. The predicted octanol–water partition coefficient (Wildman–Crippen LogP) is 2.47. The van der Waals surface area contributed by atoms with Crippen molar-refractivity contribution >= 4 is 22.8 Å². The zero-order chi connectivity index (χ0) is 11.0. The van der Waals surface area contributed by atoms with Crippen LogP contribution in [0, 0.1) is 0 Å². The normalized spacial score (nSPS) is 10.8. The van der Waals surface area contributed by atoms with E-state index in [9.17, 15) is 0 Å². The van der Waals surface area contributed by atoms with Gasteiger partial charge in [-0.2, -0.15) is 5.10 Å². The molecule has 0 saturated heterocycles. The number of fused-ring (bicyclic) bond motifs is 1. The third-order valence-corrected chi connectivity index (χ3v) is 2.49. The Bertz CT molecular complexity index is 647. The molecule has 0 aliphatic heterocycles. The average Bonchev–Trinajstić information content (AvgIpc) is 2.72. The minimum atomic E-state index is 0.671.